The summed E-state index contributed by atoms with van der Waals surface area (Å²) in [6.45, 7) is 3.98. The van der Waals surface area contributed by atoms with Crippen LogP contribution in [-0.4, -0.2) is 24.0 Å². The molecule has 2 aromatic carbocycles. The summed E-state index contributed by atoms with van der Waals surface area (Å²) in [5.41, 5.74) is 1.10. The fourth-order valence-corrected chi connectivity index (χ4v) is 9.36. The molecule has 0 radical (unpaired) electrons. The molecule has 2 heterocycles. The van der Waals surface area contributed by atoms with Crippen LogP contribution in [-0.2, 0) is 4.79 Å². The number of ketones is 1. The average molecular weight is 518 g/mol. The predicted octanol–water partition coefficient (Wildman–Crippen LogP) is 6.66. The Balaban J connectivity index is 1.40. The van der Waals surface area contributed by atoms with Gasteiger partial charge >= 0.3 is 0 Å². The lowest BCUT2D eigenvalue weighted by atomic mass is 9.47. The summed E-state index contributed by atoms with van der Waals surface area (Å²) in [6, 6.07) is 19.8. The van der Waals surface area contributed by atoms with E-state index in [-0.39, 0.29) is 17.3 Å². The maximum Gasteiger partial charge on any atom is 0.176 e. The van der Waals surface area contributed by atoms with Gasteiger partial charge in [0.15, 0.2) is 11.2 Å². The minimum Gasteiger partial charge on any atom is -0.491 e. The second kappa shape index (κ2) is 8.72. The summed E-state index contributed by atoms with van der Waals surface area (Å²) in [7, 11) is 0. The van der Waals surface area contributed by atoms with Gasteiger partial charge in [0, 0.05) is 17.0 Å². The van der Waals surface area contributed by atoms with Gasteiger partial charge in [0.25, 0.3) is 0 Å². The van der Waals surface area contributed by atoms with Crippen molar-refractivity contribution in [1.29, 1.82) is 10.5 Å². The summed E-state index contributed by atoms with van der Waals surface area (Å²) in [6.07, 6.45) is 10.7. The van der Waals surface area contributed by atoms with E-state index in [4.69, 9.17) is 4.74 Å². The van der Waals surface area contributed by atoms with Gasteiger partial charge < -0.3 is 9.64 Å². The first-order valence-electron chi connectivity index (χ1n) is 14.6. The molecule has 6 aliphatic rings. The van der Waals surface area contributed by atoms with Gasteiger partial charge in [-0.2, -0.15) is 10.5 Å². The van der Waals surface area contributed by atoms with Crippen LogP contribution in [0.2, 0.25) is 0 Å². The Morgan fingerprint density at radius 3 is 2.15 bits per heavy atom. The number of ether oxygens (including phenoxy) is 1. The number of nitriles is 2. The minimum atomic E-state index is -1.40. The molecule has 5 heteroatoms. The van der Waals surface area contributed by atoms with Gasteiger partial charge in [0.05, 0.1) is 30.3 Å². The fraction of sp³-hybridized carbons (Fsp3) is 0.500. The molecule has 3 atom stereocenters. The highest BCUT2D eigenvalue weighted by atomic mass is 16.5. The van der Waals surface area contributed by atoms with Crippen molar-refractivity contribution < 1.29 is 9.53 Å². The minimum absolute atomic E-state index is 0.0423. The summed E-state index contributed by atoms with van der Waals surface area (Å²) < 4.78 is 5.90. The van der Waals surface area contributed by atoms with Crippen LogP contribution >= 0.6 is 0 Å². The van der Waals surface area contributed by atoms with E-state index >= 15 is 4.79 Å². The molecule has 0 N–H and O–H groups in total. The molecule has 1 saturated heterocycles. The molecule has 8 rings (SSSR count). The third kappa shape index (κ3) is 3.52. The zero-order valence-corrected chi connectivity index (χ0v) is 22.7. The highest BCUT2D eigenvalue weighted by molar-refractivity contribution is 5.97. The lowest BCUT2D eigenvalue weighted by molar-refractivity contribution is -0.145. The lowest BCUT2D eigenvalue weighted by Gasteiger charge is -2.57. The number of Topliss-reactive ketones (excluding diaryl/α,β-unsaturated/α-hetero) is 1. The van der Waals surface area contributed by atoms with Crippen molar-refractivity contribution in [2.75, 3.05) is 4.90 Å². The van der Waals surface area contributed by atoms with Crippen molar-refractivity contribution in [2.45, 2.75) is 76.5 Å². The summed E-state index contributed by atoms with van der Waals surface area (Å²) in [4.78, 5) is 17.3. The number of carbonyl (C=O) groups excluding carboxylic acids is 1. The molecule has 2 aliphatic heterocycles. The summed E-state index contributed by atoms with van der Waals surface area (Å²) >= 11 is 0. The monoisotopic (exact) mass is 517 g/mol. The van der Waals surface area contributed by atoms with Gasteiger partial charge in [-0.3, -0.25) is 4.79 Å². The first-order valence-corrected chi connectivity index (χ1v) is 14.6. The Labute approximate surface area is 231 Å². The van der Waals surface area contributed by atoms with E-state index in [1.807, 2.05) is 68.5 Å². The Morgan fingerprint density at radius 2 is 1.56 bits per heavy atom. The molecule has 0 amide bonds. The van der Waals surface area contributed by atoms with Crippen LogP contribution in [0.5, 0.6) is 5.75 Å². The zero-order chi connectivity index (χ0) is 26.9. The van der Waals surface area contributed by atoms with Gasteiger partial charge in [-0.1, -0.05) is 42.5 Å². The molecule has 4 bridgehead atoms. The number of hydrogen-bond donors (Lipinski definition) is 0. The van der Waals surface area contributed by atoms with Gasteiger partial charge in [-0.15, -0.1) is 0 Å². The number of nitrogens with zero attached hydrogens (tertiary/aromatic N) is 3. The highest BCUT2D eigenvalue weighted by Crippen LogP contribution is 2.63. The maximum atomic E-state index is 15.2. The van der Waals surface area contributed by atoms with Gasteiger partial charge in [0.1, 0.15) is 5.75 Å². The van der Waals surface area contributed by atoms with Crippen LogP contribution in [0.3, 0.4) is 0 Å². The van der Waals surface area contributed by atoms with Crippen molar-refractivity contribution in [3.63, 3.8) is 0 Å². The molecule has 5 nitrogen and oxygen atoms in total. The summed E-state index contributed by atoms with van der Waals surface area (Å²) in [5.74, 6) is 2.34. The zero-order valence-electron chi connectivity index (χ0n) is 22.7. The quantitative estimate of drug-likeness (QED) is 0.443. The van der Waals surface area contributed by atoms with Crippen LogP contribution in [0.15, 0.2) is 54.6 Å². The molecule has 3 unspecified atom stereocenters. The number of benzene rings is 2. The second-order valence-corrected chi connectivity index (χ2v) is 13.1. The van der Waals surface area contributed by atoms with Crippen molar-refractivity contribution in [2.24, 2.45) is 28.6 Å². The van der Waals surface area contributed by atoms with Crippen LogP contribution in [0, 0.1) is 51.2 Å². The predicted molar refractivity (Wildman–Crippen MR) is 150 cm³/mol. The Bertz CT molecular complexity index is 1380. The van der Waals surface area contributed by atoms with E-state index in [9.17, 15) is 10.5 Å². The molecule has 5 fully saturated rings. The second-order valence-electron chi connectivity index (χ2n) is 13.1. The third-order valence-corrected chi connectivity index (χ3v) is 10.4. The first kappa shape index (κ1) is 24.5. The molecule has 2 aromatic rings. The Hall–Kier alpha value is -3.57. The molecule has 4 saturated carbocycles. The standard InChI is InChI=1S/C34H35N3O2/c1-21(2)39-27-10-7-26(8-11-27)30-31(32(38)33-16-22-13-23(17-33)15-24(14-22)18-33)37-28-6-4-3-5-25(28)9-12-29(37)34(30,19-35)20-36/h3-12,21-24,29-31H,13-18H2,1-2H3. The van der Waals surface area contributed by atoms with Gasteiger partial charge in [0.2, 0.25) is 0 Å². The van der Waals surface area contributed by atoms with E-state index in [0.717, 1.165) is 41.8 Å². The number of rotatable bonds is 5. The van der Waals surface area contributed by atoms with Crippen LogP contribution in [0.25, 0.3) is 6.08 Å². The van der Waals surface area contributed by atoms with Crippen molar-refractivity contribution >= 4 is 17.5 Å². The first-order chi connectivity index (χ1) is 18.9. The van der Waals surface area contributed by atoms with Crippen molar-refractivity contribution in [1.82, 2.24) is 0 Å². The topological polar surface area (TPSA) is 77.1 Å². The third-order valence-electron chi connectivity index (χ3n) is 10.4. The Morgan fingerprint density at radius 1 is 0.949 bits per heavy atom. The molecule has 0 spiro atoms. The number of carbonyl (C=O) groups is 1. The van der Waals surface area contributed by atoms with E-state index in [1.165, 1.54) is 19.3 Å². The number of para-hydroxylation sites is 1. The van der Waals surface area contributed by atoms with E-state index in [0.29, 0.717) is 17.8 Å². The number of hydrogen-bond acceptors (Lipinski definition) is 5. The highest BCUT2D eigenvalue weighted by Gasteiger charge is 2.66. The largest absolute Gasteiger partial charge is 0.491 e. The number of fused-ring (bicyclic) bond motifs is 3. The van der Waals surface area contributed by atoms with Crippen LogP contribution in [0.4, 0.5) is 5.69 Å². The number of anilines is 1. The smallest absolute Gasteiger partial charge is 0.176 e. The lowest BCUT2D eigenvalue weighted by Crippen LogP contribution is -2.56. The molecule has 198 valence electrons. The fourth-order valence-electron chi connectivity index (χ4n) is 9.36. The molecular weight excluding hydrogens is 482 g/mol. The Kier molecular flexibility index (Phi) is 5.47. The maximum absolute atomic E-state index is 15.2. The normalized spacial score (nSPS) is 34.7. The van der Waals surface area contributed by atoms with Crippen molar-refractivity contribution in [3.8, 4) is 17.9 Å². The molecule has 4 aliphatic carbocycles. The van der Waals surface area contributed by atoms with E-state index in [2.05, 4.69) is 23.1 Å². The summed E-state index contributed by atoms with van der Waals surface area (Å²) in [5, 5.41) is 21.5. The van der Waals surface area contributed by atoms with Gasteiger partial charge in [-0.05, 0) is 99.5 Å². The molecule has 0 aromatic heterocycles. The van der Waals surface area contributed by atoms with Crippen molar-refractivity contribution in [3.05, 3.63) is 65.7 Å². The molecular formula is C34H35N3O2. The average Bonchev–Trinajstić information content (AvgIpc) is 3.23. The van der Waals surface area contributed by atoms with Crippen LogP contribution < -0.4 is 9.64 Å². The van der Waals surface area contributed by atoms with Crippen LogP contribution in [0.1, 0.15) is 69.4 Å². The molecule has 39 heavy (non-hydrogen) atoms. The SMILES string of the molecule is CC(C)Oc1ccc(C2C(C(=O)C34CC5CC(CC(C5)C3)C4)N3c4ccccc4C=CC3C2(C#N)C#N)cc1. The van der Waals surface area contributed by atoms with E-state index in [1.54, 1.807) is 0 Å². The van der Waals surface area contributed by atoms with E-state index < -0.39 is 23.4 Å². The van der Waals surface area contributed by atoms with Gasteiger partial charge in [-0.25, -0.2) is 0 Å².